The second-order valence-electron chi connectivity index (χ2n) is 5.24. The van der Waals surface area contributed by atoms with Gasteiger partial charge in [-0.25, -0.2) is 0 Å². The van der Waals surface area contributed by atoms with Crippen LogP contribution >= 0.6 is 24.4 Å². The normalized spacial score (nSPS) is 10.8. The number of hydrogen-bond acceptors (Lipinski definition) is 2. The summed E-state index contributed by atoms with van der Waals surface area (Å²) < 4.78 is 0. The highest BCUT2D eigenvalue weighted by molar-refractivity contribution is 7.80. The monoisotopic (exact) mass is 357 g/mol. The van der Waals surface area contributed by atoms with Gasteiger partial charge in [0.05, 0.1) is 0 Å². The molecule has 0 saturated carbocycles. The highest BCUT2D eigenvalue weighted by atomic mass is 32.1. The van der Waals surface area contributed by atoms with Crippen molar-refractivity contribution in [2.75, 3.05) is 10.6 Å². The van der Waals surface area contributed by atoms with Crippen molar-refractivity contribution >= 4 is 52.0 Å². The van der Waals surface area contributed by atoms with Crippen LogP contribution in [0.5, 0.6) is 0 Å². The van der Waals surface area contributed by atoms with Gasteiger partial charge in [-0.3, -0.25) is 0 Å². The summed E-state index contributed by atoms with van der Waals surface area (Å²) in [6.45, 7) is 4.04. The molecule has 2 rings (SSSR count). The number of hydrogen-bond donors (Lipinski definition) is 4. The van der Waals surface area contributed by atoms with E-state index >= 15 is 0 Å². The van der Waals surface area contributed by atoms with Crippen molar-refractivity contribution in [3.63, 3.8) is 0 Å². The Morgan fingerprint density at radius 2 is 1.29 bits per heavy atom. The Labute approximate surface area is 152 Å². The van der Waals surface area contributed by atoms with Crippen LogP contribution in [0.2, 0.25) is 0 Å². The fourth-order valence-electron chi connectivity index (χ4n) is 1.84. The zero-order valence-electron chi connectivity index (χ0n) is 13.5. The highest BCUT2D eigenvalue weighted by Gasteiger charge is 2.02. The van der Waals surface area contributed by atoms with Gasteiger partial charge in [0.15, 0.2) is 5.11 Å². The van der Waals surface area contributed by atoms with Crippen LogP contribution < -0.4 is 21.7 Å². The van der Waals surface area contributed by atoms with E-state index in [2.05, 4.69) is 20.9 Å². The predicted octanol–water partition coefficient (Wildman–Crippen LogP) is 3.30. The second kappa shape index (κ2) is 8.37. The van der Waals surface area contributed by atoms with Crippen LogP contribution in [-0.4, -0.2) is 16.2 Å². The minimum atomic E-state index is 0.115. The van der Waals surface area contributed by atoms with E-state index in [4.69, 9.17) is 30.2 Å². The van der Waals surface area contributed by atoms with Crippen molar-refractivity contribution < 1.29 is 0 Å². The van der Waals surface area contributed by atoms with E-state index in [1.54, 1.807) is 0 Å². The number of guanidine groups is 1. The van der Waals surface area contributed by atoms with E-state index in [0.717, 1.165) is 11.4 Å². The van der Waals surface area contributed by atoms with Gasteiger partial charge in [-0.2, -0.15) is 4.99 Å². The first-order chi connectivity index (χ1) is 11.4. The molecule has 0 bridgehead atoms. The molecule has 24 heavy (non-hydrogen) atoms. The smallest absolute Gasteiger partial charge is 0.202 e. The minimum Gasteiger partial charge on any atom is -0.369 e. The summed E-state index contributed by atoms with van der Waals surface area (Å²) in [5.41, 5.74) is 9.88. The molecule has 0 heterocycles. The molecule has 0 radical (unpaired) electrons. The summed E-state index contributed by atoms with van der Waals surface area (Å²) in [6, 6.07) is 15.6. The summed E-state index contributed by atoms with van der Waals surface area (Å²) in [5.74, 6) is 0.115. The highest BCUT2D eigenvalue weighted by Crippen LogP contribution is 2.09. The number of thiocarbonyl (C=S) groups is 2. The molecule has 124 valence electrons. The topological polar surface area (TPSA) is 74.5 Å². The van der Waals surface area contributed by atoms with Gasteiger partial charge >= 0.3 is 0 Å². The van der Waals surface area contributed by atoms with Crippen LogP contribution in [0.1, 0.15) is 11.1 Å². The van der Waals surface area contributed by atoms with Gasteiger partial charge in [-0.1, -0.05) is 35.4 Å². The van der Waals surface area contributed by atoms with Crippen molar-refractivity contribution in [2.24, 2.45) is 10.7 Å². The van der Waals surface area contributed by atoms with Gasteiger partial charge in [0, 0.05) is 11.4 Å². The van der Waals surface area contributed by atoms with E-state index in [1.165, 1.54) is 11.1 Å². The Bertz CT molecular complexity index is 752. The molecule has 2 aromatic carbocycles. The number of rotatable bonds is 2. The van der Waals surface area contributed by atoms with Crippen LogP contribution in [0, 0.1) is 13.8 Å². The summed E-state index contributed by atoms with van der Waals surface area (Å²) >= 11 is 10.4. The maximum absolute atomic E-state index is 5.81. The van der Waals surface area contributed by atoms with Gasteiger partial charge < -0.3 is 21.7 Å². The van der Waals surface area contributed by atoms with Crippen molar-refractivity contribution in [1.82, 2.24) is 5.32 Å². The average Bonchev–Trinajstić information content (AvgIpc) is 2.51. The Balaban J connectivity index is 1.87. The molecule has 0 atom stereocenters. The molecule has 0 amide bonds. The lowest BCUT2D eigenvalue weighted by atomic mass is 10.2. The summed E-state index contributed by atoms with van der Waals surface area (Å²) in [5, 5.41) is 9.40. The average molecular weight is 358 g/mol. The third kappa shape index (κ3) is 5.94. The lowest BCUT2D eigenvalue weighted by molar-refractivity contribution is 1.31. The molecule has 0 fully saturated rings. The van der Waals surface area contributed by atoms with Gasteiger partial charge in [-0.05, 0) is 62.5 Å². The van der Waals surface area contributed by atoms with E-state index in [0.29, 0.717) is 5.11 Å². The first-order valence-corrected chi connectivity index (χ1v) is 8.10. The zero-order chi connectivity index (χ0) is 17.5. The van der Waals surface area contributed by atoms with Crippen molar-refractivity contribution in [1.29, 1.82) is 0 Å². The predicted molar refractivity (Wildman–Crippen MR) is 110 cm³/mol. The van der Waals surface area contributed by atoms with E-state index in [1.807, 2.05) is 62.4 Å². The number of nitrogens with one attached hydrogen (secondary N) is 3. The maximum atomic E-state index is 5.81. The van der Waals surface area contributed by atoms with Gasteiger partial charge in [-0.15, -0.1) is 0 Å². The minimum absolute atomic E-state index is 0.115. The standard InChI is InChI=1S/C17H19N5S2/c1-11-3-7-13(8-4-11)19-16(23)21-15(18)22-17(24)20-14-9-5-12(2)6-10-14/h3-10H,1-2H3,(H5,18,19,20,21,22,23,24). The summed E-state index contributed by atoms with van der Waals surface area (Å²) in [7, 11) is 0. The van der Waals surface area contributed by atoms with Crippen molar-refractivity contribution in [2.45, 2.75) is 13.8 Å². The first kappa shape index (κ1) is 17.8. The first-order valence-electron chi connectivity index (χ1n) is 7.29. The van der Waals surface area contributed by atoms with E-state index in [-0.39, 0.29) is 11.1 Å². The van der Waals surface area contributed by atoms with Crippen LogP contribution in [-0.2, 0) is 0 Å². The number of anilines is 2. The molecule has 2 aromatic rings. The number of nitrogens with zero attached hydrogens (tertiary/aromatic N) is 1. The lowest BCUT2D eigenvalue weighted by Gasteiger charge is -2.10. The van der Waals surface area contributed by atoms with Gasteiger partial charge in [0.2, 0.25) is 11.1 Å². The molecule has 0 unspecified atom stereocenters. The van der Waals surface area contributed by atoms with Gasteiger partial charge in [0.25, 0.3) is 0 Å². The van der Waals surface area contributed by atoms with Crippen LogP contribution in [0.25, 0.3) is 0 Å². The molecule has 0 aliphatic rings. The third-order valence-electron chi connectivity index (χ3n) is 3.08. The van der Waals surface area contributed by atoms with Gasteiger partial charge in [0.1, 0.15) is 0 Å². The van der Waals surface area contributed by atoms with E-state index < -0.39 is 0 Å². The quantitative estimate of drug-likeness (QED) is 0.375. The molecule has 0 spiro atoms. The van der Waals surface area contributed by atoms with E-state index in [9.17, 15) is 0 Å². The summed E-state index contributed by atoms with van der Waals surface area (Å²) in [6.07, 6.45) is 0. The fraction of sp³-hybridized carbons (Fsp3) is 0.118. The molecule has 5 nitrogen and oxygen atoms in total. The SMILES string of the molecule is Cc1ccc(NC(=S)/N=C(\N)NC(=S)Nc2ccc(C)cc2)cc1. The number of aliphatic imine (C=N–C) groups is 1. The Morgan fingerprint density at radius 3 is 1.79 bits per heavy atom. The molecule has 5 N–H and O–H groups in total. The Morgan fingerprint density at radius 1 is 0.833 bits per heavy atom. The molecule has 0 aromatic heterocycles. The summed E-state index contributed by atoms with van der Waals surface area (Å²) in [4.78, 5) is 4.07. The molecule has 0 aliphatic carbocycles. The van der Waals surface area contributed by atoms with Crippen LogP contribution in [0.4, 0.5) is 11.4 Å². The molecular formula is C17H19N5S2. The number of nitrogens with two attached hydrogens (primary N) is 1. The largest absolute Gasteiger partial charge is 0.369 e. The fourth-order valence-corrected chi connectivity index (χ4v) is 2.28. The Hall–Kier alpha value is -2.51. The van der Waals surface area contributed by atoms with Crippen molar-refractivity contribution in [3.8, 4) is 0 Å². The number of benzene rings is 2. The molecule has 0 saturated heterocycles. The molecule has 7 heteroatoms. The molecular weight excluding hydrogens is 338 g/mol. The lowest BCUT2D eigenvalue weighted by Crippen LogP contribution is -2.40. The van der Waals surface area contributed by atoms with Crippen LogP contribution in [0.15, 0.2) is 53.5 Å². The molecule has 0 aliphatic heterocycles. The van der Waals surface area contributed by atoms with Crippen molar-refractivity contribution in [3.05, 3.63) is 59.7 Å². The van der Waals surface area contributed by atoms with Crippen LogP contribution in [0.3, 0.4) is 0 Å². The Kier molecular flexibility index (Phi) is 6.22. The second-order valence-corrected chi connectivity index (χ2v) is 6.03. The third-order valence-corrected chi connectivity index (χ3v) is 3.47. The zero-order valence-corrected chi connectivity index (χ0v) is 15.1. The number of aryl methyl sites for hydroxylation is 2. The maximum Gasteiger partial charge on any atom is 0.202 e.